The van der Waals surface area contributed by atoms with Crippen LogP contribution in [-0.2, 0) is 22.7 Å². The predicted molar refractivity (Wildman–Crippen MR) is 65.4 cm³/mol. The summed E-state index contributed by atoms with van der Waals surface area (Å²) in [4.78, 5) is 15.4. The summed E-state index contributed by atoms with van der Waals surface area (Å²) in [5.74, 6) is -0.432. The number of nitrogen functional groups attached to an aromatic ring is 1. The Hall–Kier alpha value is -2.88. The number of aromatic nitrogens is 3. The average Bonchev–Trinajstić information content (AvgIpc) is 2.82. The maximum atomic E-state index is 11.5. The van der Waals surface area contributed by atoms with Crippen molar-refractivity contribution < 1.29 is 9.53 Å². The molecular formula is C12H11N5O2. The molecule has 2 rings (SSSR count). The highest BCUT2D eigenvalue weighted by Crippen LogP contribution is 2.04. The molecule has 0 saturated heterocycles. The number of nitrogens with zero attached hydrogens (tertiary/aromatic N) is 4. The lowest BCUT2D eigenvalue weighted by atomic mass is 10.2. The fraction of sp³-hybridized carbons (Fsp3) is 0.167. The van der Waals surface area contributed by atoms with Gasteiger partial charge in [0, 0.05) is 12.4 Å². The van der Waals surface area contributed by atoms with Crippen LogP contribution in [0.3, 0.4) is 0 Å². The van der Waals surface area contributed by atoms with E-state index in [9.17, 15) is 4.79 Å². The Balaban J connectivity index is 1.88. The van der Waals surface area contributed by atoms with Gasteiger partial charge in [0.15, 0.2) is 0 Å². The highest BCUT2D eigenvalue weighted by atomic mass is 16.5. The molecule has 0 saturated carbocycles. The minimum atomic E-state index is -0.432. The van der Waals surface area contributed by atoms with E-state index < -0.39 is 5.97 Å². The van der Waals surface area contributed by atoms with Crippen molar-refractivity contribution in [1.29, 1.82) is 5.26 Å². The fourth-order valence-electron chi connectivity index (χ4n) is 1.43. The second-order valence-electron chi connectivity index (χ2n) is 3.79. The van der Waals surface area contributed by atoms with Crippen LogP contribution in [0.2, 0.25) is 0 Å². The molecule has 96 valence electrons. The lowest BCUT2D eigenvalue weighted by Crippen LogP contribution is -2.13. The van der Waals surface area contributed by atoms with Crippen molar-refractivity contribution in [2.24, 2.45) is 0 Å². The third-order valence-corrected chi connectivity index (χ3v) is 2.28. The molecule has 0 atom stereocenters. The zero-order valence-electron chi connectivity index (χ0n) is 9.98. The SMILES string of the molecule is N#Cc1cc(COC(=O)Cn2cc(N)cn2)ccn1. The molecule has 0 aliphatic heterocycles. The first-order valence-electron chi connectivity index (χ1n) is 5.46. The van der Waals surface area contributed by atoms with Gasteiger partial charge in [0.1, 0.15) is 24.9 Å². The molecule has 0 aromatic carbocycles. The van der Waals surface area contributed by atoms with Crippen molar-refractivity contribution in [3.05, 3.63) is 42.0 Å². The highest BCUT2D eigenvalue weighted by molar-refractivity contribution is 5.69. The maximum absolute atomic E-state index is 11.5. The third kappa shape index (κ3) is 3.54. The minimum absolute atomic E-state index is 0.00656. The molecule has 7 nitrogen and oxygen atoms in total. The molecule has 7 heteroatoms. The van der Waals surface area contributed by atoms with Crippen molar-refractivity contribution in [1.82, 2.24) is 14.8 Å². The van der Waals surface area contributed by atoms with Gasteiger partial charge in [-0.1, -0.05) is 0 Å². The molecule has 0 aliphatic carbocycles. The molecular weight excluding hydrogens is 246 g/mol. The van der Waals surface area contributed by atoms with Gasteiger partial charge in [-0.15, -0.1) is 0 Å². The highest BCUT2D eigenvalue weighted by Gasteiger charge is 2.06. The van der Waals surface area contributed by atoms with Crippen LogP contribution in [-0.4, -0.2) is 20.7 Å². The van der Waals surface area contributed by atoms with E-state index in [1.165, 1.54) is 17.1 Å². The molecule has 0 fully saturated rings. The number of pyridine rings is 1. The maximum Gasteiger partial charge on any atom is 0.328 e. The molecule has 0 unspecified atom stereocenters. The topological polar surface area (TPSA) is 107 Å². The Kier molecular flexibility index (Phi) is 3.73. The van der Waals surface area contributed by atoms with E-state index in [4.69, 9.17) is 15.7 Å². The predicted octanol–water partition coefficient (Wildman–Crippen LogP) is 0.475. The number of rotatable bonds is 4. The Morgan fingerprint density at radius 2 is 2.42 bits per heavy atom. The van der Waals surface area contributed by atoms with E-state index in [2.05, 4.69) is 10.1 Å². The molecule has 0 spiro atoms. The van der Waals surface area contributed by atoms with Crippen LogP contribution >= 0.6 is 0 Å². The van der Waals surface area contributed by atoms with Crippen LogP contribution in [0, 0.1) is 11.3 Å². The van der Waals surface area contributed by atoms with Crippen molar-refractivity contribution in [2.75, 3.05) is 5.73 Å². The molecule has 2 N–H and O–H groups in total. The number of hydrogen-bond donors (Lipinski definition) is 1. The molecule has 2 heterocycles. The summed E-state index contributed by atoms with van der Waals surface area (Å²) in [6.45, 7) is 0.0835. The van der Waals surface area contributed by atoms with Crippen LogP contribution in [0.4, 0.5) is 5.69 Å². The molecule has 2 aromatic rings. The summed E-state index contributed by atoms with van der Waals surface area (Å²) in [5, 5.41) is 12.6. The first-order valence-corrected chi connectivity index (χ1v) is 5.46. The van der Waals surface area contributed by atoms with Gasteiger partial charge in [-0.25, -0.2) is 4.98 Å². The van der Waals surface area contributed by atoms with Crippen LogP contribution in [0.15, 0.2) is 30.7 Å². The zero-order chi connectivity index (χ0) is 13.7. The number of nitrogens with two attached hydrogens (primary N) is 1. The second-order valence-corrected chi connectivity index (χ2v) is 3.79. The number of esters is 1. The third-order valence-electron chi connectivity index (χ3n) is 2.28. The quantitative estimate of drug-likeness (QED) is 0.798. The van der Waals surface area contributed by atoms with Crippen molar-refractivity contribution in [3.63, 3.8) is 0 Å². The van der Waals surface area contributed by atoms with E-state index in [1.807, 2.05) is 6.07 Å². The summed E-state index contributed by atoms with van der Waals surface area (Å²) in [7, 11) is 0. The van der Waals surface area contributed by atoms with E-state index in [0.717, 1.165) is 0 Å². The second kappa shape index (κ2) is 5.64. The van der Waals surface area contributed by atoms with Gasteiger partial charge in [-0.2, -0.15) is 10.4 Å². The van der Waals surface area contributed by atoms with E-state index in [1.54, 1.807) is 18.3 Å². The fourth-order valence-corrected chi connectivity index (χ4v) is 1.43. The van der Waals surface area contributed by atoms with E-state index in [0.29, 0.717) is 11.3 Å². The van der Waals surface area contributed by atoms with Gasteiger partial charge in [0.25, 0.3) is 0 Å². The van der Waals surface area contributed by atoms with Crippen LogP contribution in [0.25, 0.3) is 0 Å². The standard InChI is InChI=1S/C12H11N5O2/c13-4-11-3-9(1-2-15-11)8-19-12(18)7-17-6-10(14)5-16-17/h1-3,5-6H,7-8,14H2. The molecule has 19 heavy (non-hydrogen) atoms. The number of ether oxygens (including phenoxy) is 1. The van der Waals surface area contributed by atoms with Crippen LogP contribution in [0.5, 0.6) is 0 Å². The molecule has 0 bridgehead atoms. The van der Waals surface area contributed by atoms with Crippen LogP contribution in [0.1, 0.15) is 11.3 Å². The number of carbonyl (C=O) groups is 1. The first-order chi connectivity index (χ1) is 9.17. The van der Waals surface area contributed by atoms with Gasteiger partial charge in [-0.3, -0.25) is 9.48 Å². The van der Waals surface area contributed by atoms with Gasteiger partial charge in [0.05, 0.1) is 11.9 Å². The Morgan fingerprint density at radius 1 is 1.58 bits per heavy atom. The smallest absolute Gasteiger partial charge is 0.328 e. The Labute approximate surface area is 109 Å². The molecule has 0 radical (unpaired) electrons. The number of anilines is 1. The van der Waals surface area contributed by atoms with Crippen LogP contribution < -0.4 is 5.73 Å². The first kappa shape index (κ1) is 12.6. The summed E-state index contributed by atoms with van der Waals surface area (Å²) in [6, 6.07) is 5.17. The lowest BCUT2D eigenvalue weighted by molar-refractivity contribution is -0.145. The van der Waals surface area contributed by atoms with Gasteiger partial charge in [-0.05, 0) is 17.7 Å². The minimum Gasteiger partial charge on any atom is -0.459 e. The van der Waals surface area contributed by atoms with Gasteiger partial charge >= 0.3 is 5.97 Å². The summed E-state index contributed by atoms with van der Waals surface area (Å²) >= 11 is 0. The zero-order valence-corrected chi connectivity index (χ0v) is 9.98. The largest absolute Gasteiger partial charge is 0.459 e. The van der Waals surface area contributed by atoms with E-state index in [-0.39, 0.29) is 18.8 Å². The van der Waals surface area contributed by atoms with Crippen molar-refractivity contribution in [2.45, 2.75) is 13.2 Å². The lowest BCUT2D eigenvalue weighted by Gasteiger charge is -2.05. The van der Waals surface area contributed by atoms with E-state index >= 15 is 0 Å². The molecule has 0 amide bonds. The van der Waals surface area contributed by atoms with Gasteiger partial charge < -0.3 is 10.5 Å². The Morgan fingerprint density at radius 3 is 3.11 bits per heavy atom. The van der Waals surface area contributed by atoms with Gasteiger partial charge in [0.2, 0.25) is 0 Å². The summed E-state index contributed by atoms with van der Waals surface area (Å²) in [6.07, 6.45) is 4.49. The number of carbonyl (C=O) groups excluding carboxylic acids is 1. The Bertz CT molecular complexity index is 629. The average molecular weight is 257 g/mol. The molecule has 2 aromatic heterocycles. The summed E-state index contributed by atoms with van der Waals surface area (Å²) in [5.41, 5.74) is 6.96. The summed E-state index contributed by atoms with van der Waals surface area (Å²) < 4.78 is 6.46. The van der Waals surface area contributed by atoms with Crippen molar-refractivity contribution >= 4 is 11.7 Å². The number of hydrogen-bond acceptors (Lipinski definition) is 6. The monoisotopic (exact) mass is 257 g/mol. The van der Waals surface area contributed by atoms with Crippen molar-refractivity contribution in [3.8, 4) is 6.07 Å². The normalized spacial score (nSPS) is 9.84. The number of nitriles is 1. The molecule has 0 aliphatic rings.